The van der Waals surface area contributed by atoms with E-state index in [1.54, 1.807) is 4.68 Å². The molecule has 104 valence electrons. The molecule has 2 saturated carbocycles. The van der Waals surface area contributed by atoms with E-state index in [0.717, 1.165) is 10.9 Å². The van der Waals surface area contributed by atoms with Crippen LogP contribution in [-0.2, 0) is 7.05 Å². The zero-order valence-electron chi connectivity index (χ0n) is 11.1. The zero-order valence-corrected chi connectivity index (χ0v) is 12.7. The third kappa shape index (κ3) is 2.63. The maximum Gasteiger partial charge on any atom is 0.320 e. The fraction of sp³-hybridized carbons (Fsp3) is 0.692. The van der Waals surface area contributed by atoms with Crippen LogP contribution in [0.1, 0.15) is 38.5 Å². The van der Waals surface area contributed by atoms with Gasteiger partial charge in [0.05, 0.1) is 4.47 Å². The molecule has 1 atom stereocenters. The highest BCUT2D eigenvalue weighted by atomic mass is 79.9. The Morgan fingerprint density at radius 3 is 2.84 bits per heavy atom. The Bertz CT molecular complexity index is 493. The minimum Gasteiger partial charge on any atom is -0.335 e. The van der Waals surface area contributed by atoms with Crippen LogP contribution in [0.5, 0.6) is 0 Å². The molecule has 19 heavy (non-hydrogen) atoms. The maximum absolute atomic E-state index is 12.0. The minimum atomic E-state index is -0.146. The van der Waals surface area contributed by atoms with Gasteiger partial charge in [0.2, 0.25) is 0 Å². The number of hydrogen-bond donors (Lipinski definition) is 2. The van der Waals surface area contributed by atoms with Crippen LogP contribution in [0, 0.1) is 5.41 Å². The largest absolute Gasteiger partial charge is 0.335 e. The lowest BCUT2D eigenvalue weighted by molar-refractivity contribution is 0.246. The number of anilines is 1. The molecule has 1 unspecified atom stereocenters. The van der Waals surface area contributed by atoms with Crippen molar-refractivity contribution in [3.05, 3.63) is 10.7 Å². The highest BCUT2D eigenvalue weighted by Gasteiger charge is 2.54. The molecule has 0 bridgehead atoms. The van der Waals surface area contributed by atoms with Gasteiger partial charge in [-0.3, -0.25) is 10.00 Å². The van der Waals surface area contributed by atoms with Crippen LogP contribution in [0.15, 0.2) is 10.7 Å². The Balaban J connectivity index is 1.54. The van der Waals surface area contributed by atoms with E-state index < -0.39 is 0 Å². The van der Waals surface area contributed by atoms with Crippen molar-refractivity contribution in [3.8, 4) is 0 Å². The highest BCUT2D eigenvalue weighted by molar-refractivity contribution is 9.10. The van der Waals surface area contributed by atoms with Crippen LogP contribution in [-0.4, -0.2) is 21.9 Å². The van der Waals surface area contributed by atoms with Gasteiger partial charge in [-0.05, 0) is 40.6 Å². The van der Waals surface area contributed by atoms with Gasteiger partial charge in [-0.15, -0.1) is 0 Å². The number of nitrogens with zero attached hydrogens (tertiary/aromatic N) is 2. The fourth-order valence-corrected chi connectivity index (χ4v) is 3.68. The summed E-state index contributed by atoms with van der Waals surface area (Å²) in [6.07, 6.45) is 9.47. The molecule has 3 rings (SSSR count). The molecule has 2 N–H and O–H groups in total. The molecule has 0 aliphatic heterocycles. The molecule has 2 amide bonds. The number of hydrogen-bond acceptors (Lipinski definition) is 2. The molecule has 0 aromatic carbocycles. The second kappa shape index (κ2) is 4.81. The van der Waals surface area contributed by atoms with Gasteiger partial charge in [0, 0.05) is 19.3 Å². The van der Waals surface area contributed by atoms with E-state index >= 15 is 0 Å². The molecule has 5 nitrogen and oxygen atoms in total. The molecule has 6 heteroatoms. The lowest BCUT2D eigenvalue weighted by Gasteiger charge is -2.22. The Hall–Kier alpha value is -1.04. The van der Waals surface area contributed by atoms with Crippen LogP contribution >= 0.6 is 15.9 Å². The number of carbonyl (C=O) groups excluding carboxylic acids is 1. The first-order valence-electron chi connectivity index (χ1n) is 6.86. The number of aryl methyl sites for hydroxylation is 1. The van der Waals surface area contributed by atoms with E-state index in [1.165, 1.54) is 32.1 Å². The Morgan fingerprint density at radius 1 is 1.47 bits per heavy atom. The monoisotopic (exact) mass is 326 g/mol. The third-order valence-corrected chi connectivity index (χ3v) is 4.94. The summed E-state index contributed by atoms with van der Waals surface area (Å²) in [7, 11) is 1.83. The van der Waals surface area contributed by atoms with Gasteiger partial charge >= 0.3 is 6.03 Å². The van der Waals surface area contributed by atoms with E-state index in [1.807, 2.05) is 13.2 Å². The first-order chi connectivity index (χ1) is 9.09. The lowest BCUT2D eigenvalue weighted by Crippen LogP contribution is -2.34. The van der Waals surface area contributed by atoms with E-state index in [2.05, 4.69) is 31.7 Å². The number of halogens is 1. The van der Waals surface area contributed by atoms with Crippen molar-refractivity contribution in [3.63, 3.8) is 0 Å². The third-order valence-electron chi connectivity index (χ3n) is 4.36. The summed E-state index contributed by atoms with van der Waals surface area (Å²) in [6, 6.07) is 0.210. The van der Waals surface area contributed by atoms with Crippen molar-refractivity contribution in [2.45, 2.75) is 44.6 Å². The van der Waals surface area contributed by atoms with Gasteiger partial charge in [0.15, 0.2) is 5.82 Å². The molecular formula is C13H19BrN4O. The number of urea groups is 1. The van der Waals surface area contributed by atoms with Crippen molar-refractivity contribution < 1.29 is 4.79 Å². The number of amides is 2. The van der Waals surface area contributed by atoms with Crippen molar-refractivity contribution in [1.82, 2.24) is 15.1 Å². The summed E-state index contributed by atoms with van der Waals surface area (Å²) < 4.78 is 2.47. The predicted octanol–water partition coefficient (Wildman–Crippen LogP) is 3.03. The summed E-state index contributed by atoms with van der Waals surface area (Å²) >= 11 is 3.37. The van der Waals surface area contributed by atoms with Gasteiger partial charge in [-0.25, -0.2) is 4.79 Å². The SMILES string of the molecule is Cn1cc(Br)c(NC(=O)NC2CC23CCCCC3)n1. The lowest BCUT2D eigenvalue weighted by atomic mass is 9.86. The number of rotatable bonds is 2. The first-order valence-corrected chi connectivity index (χ1v) is 7.65. The minimum absolute atomic E-state index is 0.146. The smallest absolute Gasteiger partial charge is 0.320 e. The molecule has 0 radical (unpaired) electrons. The van der Waals surface area contributed by atoms with Crippen LogP contribution in [0.4, 0.5) is 10.6 Å². The Kier molecular flexibility index (Phi) is 3.28. The molecule has 2 aliphatic rings. The summed E-state index contributed by atoms with van der Waals surface area (Å²) in [4.78, 5) is 12.0. The topological polar surface area (TPSA) is 59.0 Å². The molecule has 1 spiro atoms. The van der Waals surface area contributed by atoms with Crippen LogP contribution in [0.25, 0.3) is 0 Å². The fourth-order valence-electron chi connectivity index (χ4n) is 3.21. The molecular weight excluding hydrogens is 308 g/mol. The van der Waals surface area contributed by atoms with Crippen molar-refractivity contribution in [2.24, 2.45) is 12.5 Å². The predicted molar refractivity (Wildman–Crippen MR) is 77.0 cm³/mol. The molecule has 1 heterocycles. The maximum atomic E-state index is 12.0. The summed E-state index contributed by atoms with van der Waals surface area (Å²) in [5, 5.41) is 10.1. The van der Waals surface area contributed by atoms with E-state index in [-0.39, 0.29) is 6.03 Å². The van der Waals surface area contributed by atoms with Gasteiger partial charge in [0.1, 0.15) is 0 Å². The number of aromatic nitrogens is 2. The Labute approximate surface area is 121 Å². The van der Waals surface area contributed by atoms with Gasteiger partial charge < -0.3 is 5.32 Å². The average Bonchev–Trinajstić information content (AvgIpc) is 2.88. The summed E-state index contributed by atoms with van der Waals surface area (Å²) in [6.45, 7) is 0. The van der Waals surface area contributed by atoms with Crippen LogP contribution in [0.3, 0.4) is 0 Å². The molecule has 0 saturated heterocycles. The Morgan fingerprint density at radius 2 is 2.21 bits per heavy atom. The average molecular weight is 327 g/mol. The standard InChI is InChI=1S/C13H19BrN4O/c1-18-8-9(14)11(17-18)16-12(19)15-10-7-13(10)5-3-2-4-6-13/h8,10H,2-7H2,1H3,(H2,15,16,17,19). The summed E-state index contributed by atoms with van der Waals surface area (Å²) in [5.74, 6) is 0.568. The molecule has 1 aromatic heterocycles. The first kappa shape index (κ1) is 13.0. The second-order valence-electron chi connectivity index (χ2n) is 5.78. The van der Waals surface area contributed by atoms with E-state index in [0.29, 0.717) is 17.3 Å². The molecule has 2 fully saturated rings. The second-order valence-corrected chi connectivity index (χ2v) is 6.63. The van der Waals surface area contributed by atoms with E-state index in [4.69, 9.17) is 0 Å². The number of carbonyl (C=O) groups is 1. The normalized spacial score (nSPS) is 24.2. The van der Waals surface area contributed by atoms with Gasteiger partial charge in [0.25, 0.3) is 0 Å². The van der Waals surface area contributed by atoms with Crippen molar-refractivity contribution in [1.29, 1.82) is 0 Å². The van der Waals surface area contributed by atoms with Crippen molar-refractivity contribution >= 4 is 27.8 Å². The van der Waals surface area contributed by atoms with Crippen LogP contribution < -0.4 is 10.6 Å². The highest BCUT2D eigenvalue weighted by Crippen LogP contribution is 2.56. The van der Waals surface area contributed by atoms with Gasteiger partial charge in [-0.2, -0.15) is 5.10 Å². The molecule has 1 aromatic rings. The molecule has 2 aliphatic carbocycles. The zero-order chi connectivity index (χ0) is 13.5. The van der Waals surface area contributed by atoms with Gasteiger partial charge in [-0.1, -0.05) is 19.3 Å². The van der Waals surface area contributed by atoms with Crippen molar-refractivity contribution in [2.75, 3.05) is 5.32 Å². The van der Waals surface area contributed by atoms with Crippen LogP contribution in [0.2, 0.25) is 0 Å². The number of nitrogens with one attached hydrogen (secondary N) is 2. The quantitative estimate of drug-likeness (QED) is 0.877. The van der Waals surface area contributed by atoms with E-state index in [9.17, 15) is 4.79 Å². The summed E-state index contributed by atoms with van der Waals surface area (Å²) in [5.41, 5.74) is 0.414.